The zero-order valence-electron chi connectivity index (χ0n) is 31.5. The number of benzene rings is 10. The van der Waals surface area contributed by atoms with Crippen LogP contribution < -0.4 is 0 Å². The summed E-state index contributed by atoms with van der Waals surface area (Å²) in [5.74, 6) is 0. The van der Waals surface area contributed by atoms with Gasteiger partial charge in [0.15, 0.2) is 0 Å². The second kappa shape index (κ2) is 11.9. The smallest absolute Gasteiger partial charge is 0.0619 e. The summed E-state index contributed by atoms with van der Waals surface area (Å²) >= 11 is 0. The molecule has 12 aromatic rings. The summed E-state index contributed by atoms with van der Waals surface area (Å²) in [5, 5.41) is 10.2. The molecule has 2 heteroatoms. The molecule has 0 N–H and O–H groups in total. The Labute approximate surface area is 335 Å². The first-order valence-corrected chi connectivity index (χ1v) is 20.1. The molecule has 0 radical (unpaired) electrons. The Hall–Kier alpha value is -7.68. The van der Waals surface area contributed by atoms with Gasteiger partial charge >= 0.3 is 0 Å². The van der Waals surface area contributed by atoms with Crippen LogP contribution in [-0.4, -0.2) is 9.13 Å². The molecule has 0 fully saturated rings. The predicted octanol–water partition coefficient (Wildman–Crippen LogP) is 15.2. The Morgan fingerprint density at radius 2 is 0.828 bits per heavy atom. The molecule has 0 unspecified atom stereocenters. The molecular formula is C56H34N2. The largest absolute Gasteiger partial charge is 0.309 e. The van der Waals surface area contributed by atoms with Crippen LogP contribution in [0.15, 0.2) is 206 Å². The van der Waals surface area contributed by atoms with E-state index in [1.165, 1.54) is 115 Å². The first kappa shape index (κ1) is 31.5. The van der Waals surface area contributed by atoms with Crippen molar-refractivity contribution in [2.45, 2.75) is 0 Å². The van der Waals surface area contributed by atoms with E-state index in [1.54, 1.807) is 0 Å². The van der Waals surface area contributed by atoms with Crippen molar-refractivity contribution in [3.05, 3.63) is 206 Å². The zero-order valence-corrected chi connectivity index (χ0v) is 31.5. The van der Waals surface area contributed by atoms with Gasteiger partial charge in [-0.3, -0.25) is 0 Å². The van der Waals surface area contributed by atoms with Gasteiger partial charge in [-0.05, 0) is 121 Å². The van der Waals surface area contributed by atoms with E-state index < -0.39 is 0 Å². The number of hydrogen-bond acceptors (Lipinski definition) is 0. The number of nitrogens with zero attached hydrogens (tertiary/aromatic N) is 2. The molecule has 13 rings (SSSR count). The van der Waals surface area contributed by atoms with Crippen molar-refractivity contribution < 1.29 is 0 Å². The van der Waals surface area contributed by atoms with Gasteiger partial charge in [0.2, 0.25) is 0 Å². The van der Waals surface area contributed by atoms with Crippen molar-refractivity contribution in [3.63, 3.8) is 0 Å². The summed E-state index contributed by atoms with van der Waals surface area (Å²) in [5.41, 5.74) is 17.4. The molecule has 10 aromatic carbocycles. The summed E-state index contributed by atoms with van der Waals surface area (Å²) in [4.78, 5) is 0. The third-order valence-electron chi connectivity index (χ3n) is 12.6. The lowest BCUT2D eigenvalue weighted by atomic mass is 9.97. The van der Waals surface area contributed by atoms with Gasteiger partial charge in [-0.2, -0.15) is 0 Å². The number of hydrogen-bond donors (Lipinski definition) is 0. The van der Waals surface area contributed by atoms with Gasteiger partial charge in [0.05, 0.1) is 22.1 Å². The van der Waals surface area contributed by atoms with Crippen LogP contribution in [0.2, 0.25) is 0 Å². The lowest BCUT2D eigenvalue weighted by Gasteiger charge is -2.11. The van der Waals surface area contributed by atoms with E-state index >= 15 is 0 Å². The van der Waals surface area contributed by atoms with Crippen molar-refractivity contribution in [1.82, 2.24) is 9.13 Å². The number of para-hydroxylation sites is 2. The average Bonchev–Trinajstić information content (AvgIpc) is 3.93. The fourth-order valence-corrected chi connectivity index (χ4v) is 10.0. The zero-order chi connectivity index (χ0) is 37.9. The van der Waals surface area contributed by atoms with Gasteiger partial charge in [0.25, 0.3) is 0 Å². The lowest BCUT2D eigenvalue weighted by Crippen LogP contribution is -1.94. The second-order valence-corrected chi connectivity index (χ2v) is 15.7. The van der Waals surface area contributed by atoms with Crippen LogP contribution in [0.4, 0.5) is 0 Å². The topological polar surface area (TPSA) is 9.86 Å². The summed E-state index contributed by atoms with van der Waals surface area (Å²) in [6.45, 7) is 0. The van der Waals surface area contributed by atoms with Crippen molar-refractivity contribution in [2.75, 3.05) is 0 Å². The minimum Gasteiger partial charge on any atom is -0.309 e. The Morgan fingerprint density at radius 3 is 1.62 bits per heavy atom. The van der Waals surface area contributed by atoms with Crippen LogP contribution in [0.25, 0.3) is 121 Å². The standard InChI is InChI=1S/C56H34N2/c1-2-13-41(14-3-1)58-54-31-25-40(34-51(54)48-29-22-36-10-4-5-15-43(36)56(48)58)39-24-30-53-50(33-39)45-16-6-7-19-52(45)57(53)42-26-20-35(21-27-42)38-23-28-44-46-17-8-11-37-12-9-18-47(55(37)46)49(44)32-38/h1-34H. The van der Waals surface area contributed by atoms with Crippen LogP contribution in [0.3, 0.4) is 0 Å². The Kier molecular flexibility index (Phi) is 6.47. The second-order valence-electron chi connectivity index (χ2n) is 15.7. The van der Waals surface area contributed by atoms with Crippen molar-refractivity contribution in [3.8, 4) is 55.9 Å². The van der Waals surface area contributed by atoms with Crippen molar-refractivity contribution >= 4 is 65.2 Å². The van der Waals surface area contributed by atoms with E-state index in [9.17, 15) is 0 Å². The predicted molar refractivity (Wildman–Crippen MR) is 245 cm³/mol. The molecule has 2 aromatic heterocycles. The third kappa shape index (κ3) is 4.43. The Morgan fingerprint density at radius 1 is 0.259 bits per heavy atom. The average molecular weight is 735 g/mol. The maximum absolute atomic E-state index is 2.43. The number of fused-ring (bicyclic) bond motifs is 11. The minimum atomic E-state index is 1.16. The highest BCUT2D eigenvalue weighted by molar-refractivity contribution is 6.20. The van der Waals surface area contributed by atoms with Crippen LogP contribution in [0.1, 0.15) is 0 Å². The molecule has 0 amide bonds. The molecule has 0 saturated heterocycles. The molecular weight excluding hydrogens is 701 g/mol. The molecule has 2 nitrogen and oxygen atoms in total. The Bertz CT molecular complexity index is 3650. The third-order valence-corrected chi connectivity index (χ3v) is 12.6. The van der Waals surface area contributed by atoms with Crippen molar-refractivity contribution in [2.24, 2.45) is 0 Å². The molecule has 2 heterocycles. The highest BCUT2D eigenvalue weighted by Gasteiger charge is 2.22. The lowest BCUT2D eigenvalue weighted by molar-refractivity contribution is 1.18. The maximum atomic E-state index is 2.43. The Balaban J connectivity index is 0.920. The van der Waals surface area contributed by atoms with Gasteiger partial charge in [-0.15, -0.1) is 0 Å². The highest BCUT2D eigenvalue weighted by Crippen LogP contribution is 2.48. The SMILES string of the molecule is c1ccc(-n2c3ccc(-c4ccc5c(c4)c4ccccc4n5-c4ccc(-c5ccc6c(c5)-c5cccc7cccc-6c57)cc4)cc3c3ccc4ccccc4c32)cc1. The molecule has 1 aliphatic carbocycles. The van der Waals surface area contributed by atoms with E-state index in [2.05, 4.69) is 215 Å². The van der Waals surface area contributed by atoms with Gasteiger partial charge in [0.1, 0.15) is 0 Å². The fourth-order valence-electron chi connectivity index (χ4n) is 10.0. The summed E-state index contributed by atoms with van der Waals surface area (Å²) in [7, 11) is 0. The molecule has 268 valence electrons. The fraction of sp³-hybridized carbons (Fsp3) is 0. The molecule has 0 aliphatic heterocycles. The highest BCUT2D eigenvalue weighted by atomic mass is 15.0. The monoisotopic (exact) mass is 734 g/mol. The van der Waals surface area contributed by atoms with Crippen LogP contribution in [0.5, 0.6) is 0 Å². The minimum absolute atomic E-state index is 1.16. The maximum Gasteiger partial charge on any atom is 0.0619 e. The number of rotatable bonds is 4. The van der Waals surface area contributed by atoms with Gasteiger partial charge in [-0.1, -0.05) is 146 Å². The van der Waals surface area contributed by atoms with Crippen molar-refractivity contribution in [1.29, 1.82) is 0 Å². The summed E-state index contributed by atoms with van der Waals surface area (Å²) < 4.78 is 4.85. The van der Waals surface area contributed by atoms with E-state index in [1.807, 2.05) is 0 Å². The summed E-state index contributed by atoms with van der Waals surface area (Å²) in [6, 6.07) is 76.2. The van der Waals surface area contributed by atoms with Crippen LogP contribution in [0, 0.1) is 0 Å². The van der Waals surface area contributed by atoms with E-state index in [4.69, 9.17) is 0 Å². The van der Waals surface area contributed by atoms with Gasteiger partial charge in [-0.25, -0.2) is 0 Å². The van der Waals surface area contributed by atoms with Gasteiger partial charge in [0, 0.05) is 38.3 Å². The van der Waals surface area contributed by atoms with Crippen LogP contribution in [-0.2, 0) is 0 Å². The normalized spacial score (nSPS) is 12.1. The molecule has 0 saturated carbocycles. The van der Waals surface area contributed by atoms with Crippen LogP contribution >= 0.6 is 0 Å². The summed E-state index contributed by atoms with van der Waals surface area (Å²) in [6.07, 6.45) is 0. The van der Waals surface area contributed by atoms with Gasteiger partial charge < -0.3 is 9.13 Å². The molecule has 58 heavy (non-hydrogen) atoms. The molecule has 0 atom stereocenters. The molecule has 0 bridgehead atoms. The first-order valence-electron chi connectivity index (χ1n) is 20.1. The first-order chi connectivity index (χ1) is 28.8. The quantitative estimate of drug-likeness (QED) is 0.170. The molecule has 0 spiro atoms. The van der Waals surface area contributed by atoms with E-state index in [0.29, 0.717) is 0 Å². The number of aromatic nitrogens is 2. The van der Waals surface area contributed by atoms with E-state index in [0.717, 1.165) is 5.69 Å². The van der Waals surface area contributed by atoms with E-state index in [-0.39, 0.29) is 0 Å². The molecule has 1 aliphatic rings.